The van der Waals surface area contributed by atoms with Gasteiger partial charge in [0.15, 0.2) is 0 Å². The van der Waals surface area contributed by atoms with Gasteiger partial charge in [0.25, 0.3) is 0 Å². The fraction of sp³-hybridized carbons (Fsp3) is 0.833. The lowest BCUT2D eigenvalue weighted by atomic mass is 9.76. The van der Waals surface area contributed by atoms with Gasteiger partial charge in [-0.15, -0.1) is 0 Å². The third-order valence-electron chi connectivity index (χ3n) is 6.44. The molecule has 2 heteroatoms. The zero-order chi connectivity index (χ0) is 18.5. The summed E-state index contributed by atoms with van der Waals surface area (Å²) in [6, 6.07) is 0. The molecule has 0 aromatic rings. The number of ether oxygens (including phenoxy) is 2. The molecule has 0 amide bonds. The molecule has 2 aliphatic carbocycles. The highest BCUT2D eigenvalue weighted by Gasteiger charge is 2.25. The van der Waals surface area contributed by atoms with Crippen molar-refractivity contribution in [1.29, 1.82) is 0 Å². The zero-order valence-corrected chi connectivity index (χ0v) is 17.3. The third-order valence-corrected chi connectivity index (χ3v) is 6.44. The molecule has 2 aliphatic rings. The molecule has 0 atom stereocenters. The summed E-state index contributed by atoms with van der Waals surface area (Å²) in [5.41, 5.74) is 0. The molecule has 0 bridgehead atoms. The Bertz CT molecular complexity index is 347. The number of allylic oxidation sites excluding steroid dienone is 2. The monoisotopic (exact) mass is 362 g/mol. The van der Waals surface area contributed by atoms with Gasteiger partial charge in [0.05, 0.1) is 25.7 Å². The predicted molar refractivity (Wildman–Crippen MR) is 111 cm³/mol. The van der Waals surface area contributed by atoms with Crippen molar-refractivity contribution in [1.82, 2.24) is 0 Å². The molecule has 0 aromatic heterocycles. The lowest BCUT2D eigenvalue weighted by Gasteiger charge is -2.31. The van der Waals surface area contributed by atoms with Crippen LogP contribution in [0.5, 0.6) is 0 Å². The summed E-state index contributed by atoms with van der Waals surface area (Å²) < 4.78 is 11.3. The molecule has 0 heterocycles. The van der Waals surface area contributed by atoms with Crippen molar-refractivity contribution in [2.45, 2.75) is 90.9 Å². The highest BCUT2D eigenvalue weighted by Crippen LogP contribution is 2.36. The van der Waals surface area contributed by atoms with Crippen LogP contribution in [-0.4, -0.2) is 13.2 Å². The normalized spacial score (nSPS) is 30.1. The van der Waals surface area contributed by atoms with Crippen molar-refractivity contribution in [2.24, 2.45) is 23.7 Å². The van der Waals surface area contributed by atoms with E-state index < -0.39 is 0 Å². The molecule has 0 aliphatic heterocycles. The molecule has 0 aromatic carbocycles. The van der Waals surface area contributed by atoms with Crippen LogP contribution in [0.15, 0.2) is 24.7 Å². The first-order chi connectivity index (χ1) is 12.8. The molecule has 150 valence electrons. The Morgan fingerprint density at radius 3 is 1.27 bits per heavy atom. The average molecular weight is 363 g/mol. The molecule has 0 spiro atoms. The minimum atomic E-state index is 0.796. The summed E-state index contributed by atoms with van der Waals surface area (Å²) in [6.07, 6.45) is 24.3. The van der Waals surface area contributed by atoms with E-state index in [1.54, 1.807) is 0 Å². The Morgan fingerprint density at radius 1 is 0.577 bits per heavy atom. The summed E-state index contributed by atoms with van der Waals surface area (Å²) in [5, 5.41) is 0. The maximum atomic E-state index is 5.66. The second kappa shape index (κ2) is 13.3. The van der Waals surface area contributed by atoms with Gasteiger partial charge in [0.2, 0.25) is 0 Å². The molecule has 2 rings (SSSR count). The van der Waals surface area contributed by atoms with Gasteiger partial charge in [0.1, 0.15) is 0 Å². The fourth-order valence-corrected chi connectivity index (χ4v) is 4.56. The Kier molecular flexibility index (Phi) is 10.9. The molecule has 0 N–H and O–H groups in total. The fourth-order valence-electron chi connectivity index (χ4n) is 4.56. The van der Waals surface area contributed by atoms with E-state index >= 15 is 0 Å². The van der Waals surface area contributed by atoms with E-state index in [4.69, 9.17) is 9.47 Å². The summed E-state index contributed by atoms with van der Waals surface area (Å²) in [7, 11) is 0. The summed E-state index contributed by atoms with van der Waals surface area (Å²) in [4.78, 5) is 0. The minimum Gasteiger partial charge on any atom is -0.501 e. The molecule has 0 saturated heterocycles. The number of hydrogen-bond donors (Lipinski definition) is 0. The van der Waals surface area contributed by atoms with E-state index in [9.17, 15) is 0 Å². The number of rotatable bonds is 11. The highest BCUT2D eigenvalue weighted by atomic mass is 16.5. The zero-order valence-electron chi connectivity index (χ0n) is 17.3. The number of hydrogen-bond acceptors (Lipinski definition) is 2. The van der Waals surface area contributed by atoms with Crippen LogP contribution in [0.3, 0.4) is 0 Å². The Hall–Kier alpha value is -0.920. The second-order valence-corrected chi connectivity index (χ2v) is 8.58. The summed E-state index contributed by atoms with van der Waals surface area (Å²) >= 11 is 0. The minimum absolute atomic E-state index is 0.796. The molecule has 26 heavy (non-hydrogen) atoms. The van der Waals surface area contributed by atoms with Crippen molar-refractivity contribution in [3.05, 3.63) is 24.7 Å². The molecule has 0 unspecified atom stereocenters. The van der Waals surface area contributed by atoms with E-state index in [-0.39, 0.29) is 0 Å². The topological polar surface area (TPSA) is 18.5 Å². The van der Waals surface area contributed by atoms with Crippen LogP contribution < -0.4 is 0 Å². The smallest absolute Gasteiger partial charge is 0.0901 e. The van der Waals surface area contributed by atoms with Gasteiger partial charge in [-0.25, -0.2) is 0 Å². The van der Waals surface area contributed by atoms with Gasteiger partial charge >= 0.3 is 0 Å². The lowest BCUT2D eigenvalue weighted by molar-refractivity contribution is 0.131. The Balaban J connectivity index is 1.50. The van der Waals surface area contributed by atoms with Crippen molar-refractivity contribution < 1.29 is 9.47 Å². The van der Waals surface area contributed by atoms with E-state index in [0.29, 0.717) is 0 Å². The lowest BCUT2D eigenvalue weighted by Crippen LogP contribution is -2.21. The molecule has 2 fully saturated rings. The van der Waals surface area contributed by atoms with Gasteiger partial charge < -0.3 is 9.47 Å². The van der Waals surface area contributed by atoms with Crippen LogP contribution in [0.2, 0.25) is 0 Å². The van der Waals surface area contributed by atoms with Crippen LogP contribution in [0.4, 0.5) is 0 Å². The standard InChI is InChI=1S/C24H42O2/c1-3-5-17-25-19-23-13-9-21(10-14-23)7-8-22-11-15-24(16-12-22)20-26-18-6-4-2/h5-6,17-18,21-24H,3-4,7-16,19-20H2,1-2H3/b17-5-,18-6-. The Morgan fingerprint density at radius 2 is 0.923 bits per heavy atom. The van der Waals surface area contributed by atoms with Gasteiger partial charge in [-0.3, -0.25) is 0 Å². The molecule has 0 radical (unpaired) electrons. The van der Waals surface area contributed by atoms with Crippen LogP contribution in [0.25, 0.3) is 0 Å². The van der Waals surface area contributed by atoms with Crippen molar-refractivity contribution in [3.8, 4) is 0 Å². The average Bonchev–Trinajstić information content (AvgIpc) is 2.69. The van der Waals surface area contributed by atoms with Gasteiger partial charge in [0, 0.05) is 0 Å². The third kappa shape index (κ3) is 8.64. The Labute approximate surface area is 162 Å². The van der Waals surface area contributed by atoms with Crippen molar-refractivity contribution >= 4 is 0 Å². The quantitative estimate of drug-likeness (QED) is 0.360. The van der Waals surface area contributed by atoms with Crippen LogP contribution in [0.1, 0.15) is 90.9 Å². The van der Waals surface area contributed by atoms with Gasteiger partial charge in [-0.05, 0) is 62.2 Å². The van der Waals surface area contributed by atoms with Crippen LogP contribution >= 0.6 is 0 Å². The first-order valence-electron chi connectivity index (χ1n) is 11.3. The van der Waals surface area contributed by atoms with Crippen LogP contribution in [0, 0.1) is 23.7 Å². The molecular weight excluding hydrogens is 320 g/mol. The van der Waals surface area contributed by atoms with E-state index in [2.05, 4.69) is 26.0 Å². The molecular formula is C24H42O2. The summed E-state index contributed by atoms with van der Waals surface area (Å²) in [5.74, 6) is 3.56. The van der Waals surface area contributed by atoms with Gasteiger partial charge in [-0.2, -0.15) is 0 Å². The first kappa shape index (κ1) is 21.4. The van der Waals surface area contributed by atoms with Crippen LogP contribution in [-0.2, 0) is 9.47 Å². The second-order valence-electron chi connectivity index (χ2n) is 8.58. The highest BCUT2D eigenvalue weighted by molar-refractivity contribution is 4.78. The van der Waals surface area contributed by atoms with E-state index in [1.807, 2.05) is 12.5 Å². The van der Waals surface area contributed by atoms with E-state index in [1.165, 1.54) is 64.2 Å². The molecule has 2 nitrogen and oxygen atoms in total. The predicted octanol–water partition coefficient (Wildman–Crippen LogP) is 7.26. The van der Waals surface area contributed by atoms with Gasteiger partial charge in [-0.1, -0.05) is 64.5 Å². The largest absolute Gasteiger partial charge is 0.501 e. The maximum Gasteiger partial charge on any atom is 0.0901 e. The van der Waals surface area contributed by atoms with E-state index in [0.717, 1.165) is 49.7 Å². The SMILES string of the molecule is CC/C=C\OCC1CCC(CCC2CCC(CO/C=C\CC)CC2)CC1. The molecule has 2 saturated carbocycles. The summed E-state index contributed by atoms with van der Waals surface area (Å²) in [6.45, 7) is 6.16. The first-order valence-corrected chi connectivity index (χ1v) is 11.3. The van der Waals surface area contributed by atoms with Crippen molar-refractivity contribution in [3.63, 3.8) is 0 Å². The maximum absolute atomic E-state index is 5.66. The van der Waals surface area contributed by atoms with Crippen molar-refractivity contribution in [2.75, 3.05) is 13.2 Å².